The van der Waals surface area contributed by atoms with Crippen molar-refractivity contribution in [2.45, 2.75) is 25.3 Å². The predicted octanol–water partition coefficient (Wildman–Crippen LogP) is 1.47. The summed E-state index contributed by atoms with van der Waals surface area (Å²) in [6.07, 6.45) is 2.49. The Kier molecular flexibility index (Phi) is 3.82. The fourth-order valence-corrected chi connectivity index (χ4v) is 1.66. The fraction of sp³-hybridized carbons (Fsp3) is 0.385. The Balaban J connectivity index is 1.82. The molecule has 0 heterocycles. The molecule has 1 amide bonds. The van der Waals surface area contributed by atoms with E-state index in [1.807, 2.05) is 0 Å². The zero-order chi connectivity index (χ0) is 13.0. The summed E-state index contributed by atoms with van der Waals surface area (Å²) < 4.78 is 0. The lowest BCUT2D eigenvalue weighted by Gasteiger charge is -2.09. The van der Waals surface area contributed by atoms with Crippen molar-refractivity contribution in [2.24, 2.45) is 0 Å². The molecule has 1 aliphatic carbocycles. The Hall–Kier alpha value is -2.04. The second kappa shape index (κ2) is 5.53. The Morgan fingerprint density at radius 1 is 1.28 bits per heavy atom. The molecule has 2 rings (SSSR count). The minimum absolute atomic E-state index is 0.0119. The van der Waals surface area contributed by atoms with Crippen LogP contribution in [0.1, 0.15) is 29.6 Å². The number of amides is 1. The van der Waals surface area contributed by atoms with Gasteiger partial charge in [-0.2, -0.15) is 0 Å². The largest absolute Gasteiger partial charge is 0.478 e. The molecular formula is C13H16N2O3. The number of nitrogens with one attached hydrogen (secondary N) is 2. The summed E-state index contributed by atoms with van der Waals surface area (Å²) in [4.78, 5) is 22.4. The van der Waals surface area contributed by atoms with Crippen molar-refractivity contribution in [2.75, 3.05) is 11.9 Å². The van der Waals surface area contributed by atoms with E-state index in [9.17, 15) is 9.59 Å². The molecule has 0 spiro atoms. The van der Waals surface area contributed by atoms with Crippen molar-refractivity contribution in [3.05, 3.63) is 29.8 Å². The normalized spacial score (nSPS) is 14.0. The lowest BCUT2D eigenvalue weighted by Crippen LogP contribution is -2.27. The predicted molar refractivity (Wildman–Crippen MR) is 67.7 cm³/mol. The number of carboxylic acid groups (broad SMARTS) is 1. The second-order valence-corrected chi connectivity index (χ2v) is 4.37. The Labute approximate surface area is 105 Å². The number of carbonyl (C=O) groups excluding carboxylic acids is 1. The first-order chi connectivity index (χ1) is 8.66. The average molecular weight is 248 g/mol. The van der Waals surface area contributed by atoms with E-state index in [0.29, 0.717) is 24.7 Å². The fourth-order valence-electron chi connectivity index (χ4n) is 1.66. The number of hydrogen-bond donors (Lipinski definition) is 3. The highest BCUT2D eigenvalue weighted by atomic mass is 16.4. The summed E-state index contributed by atoms with van der Waals surface area (Å²) >= 11 is 0. The molecule has 18 heavy (non-hydrogen) atoms. The molecule has 0 radical (unpaired) electrons. The first kappa shape index (κ1) is 12.4. The van der Waals surface area contributed by atoms with E-state index in [1.54, 1.807) is 18.2 Å². The molecule has 3 N–H and O–H groups in total. The summed E-state index contributed by atoms with van der Waals surface area (Å²) in [5.74, 6) is -0.960. The van der Waals surface area contributed by atoms with Crippen LogP contribution in [0.2, 0.25) is 0 Å². The van der Waals surface area contributed by atoms with Gasteiger partial charge in [0.05, 0.1) is 5.56 Å². The molecule has 1 fully saturated rings. The number of carbonyl (C=O) groups is 2. The molecule has 96 valence electrons. The molecule has 5 nitrogen and oxygen atoms in total. The van der Waals surface area contributed by atoms with Crippen LogP contribution in [0.3, 0.4) is 0 Å². The van der Waals surface area contributed by atoms with E-state index in [4.69, 9.17) is 5.11 Å². The average Bonchev–Trinajstić information content (AvgIpc) is 3.13. The van der Waals surface area contributed by atoms with Crippen molar-refractivity contribution >= 4 is 17.6 Å². The van der Waals surface area contributed by atoms with E-state index in [1.165, 1.54) is 6.07 Å². The summed E-state index contributed by atoms with van der Waals surface area (Å²) in [5.41, 5.74) is 0.768. The van der Waals surface area contributed by atoms with Crippen LogP contribution in [-0.4, -0.2) is 29.6 Å². The van der Waals surface area contributed by atoms with Crippen molar-refractivity contribution < 1.29 is 14.7 Å². The molecule has 0 aliphatic heterocycles. The minimum Gasteiger partial charge on any atom is -0.478 e. The lowest BCUT2D eigenvalue weighted by molar-refractivity contribution is -0.120. The Bertz CT molecular complexity index is 455. The van der Waals surface area contributed by atoms with Gasteiger partial charge in [0, 0.05) is 24.7 Å². The highest BCUT2D eigenvalue weighted by molar-refractivity contribution is 5.94. The van der Waals surface area contributed by atoms with Gasteiger partial charge in [0.1, 0.15) is 0 Å². The molecule has 5 heteroatoms. The maximum atomic E-state index is 11.4. The zero-order valence-electron chi connectivity index (χ0n) is 9.98. The van der Waals surface area contributed by atoms with Gasteiger partial charge in [-0.05, 0) is 25.0 Å². The third kappa shape index (κ3) is 3.48. The van der Waals surface area contributed by atoms with Gasteiger partial charge in [-0.25, -0.2) is 4.79 Å². The van der Waals surface area contributed by atoms with Crippen LogP contribution in [-0.2, 0) is 4.79 Å². The van der Waals surface area contributed by atoms with Crippen molar-refractivity contribution in [1.82, 2.24) is 5.32 Å². The van der Waals surface area contributed by atoms with Crippen molar-refractivity contribution in [3.63, 3.8) is 0 Å². The van der Waals surface area contributed by atoms with Gasteiger partial charge in [0.25, 0.3) is 0 Å². The number of para-hydroxylation sites is 1. The summed E-state index contributed by atoms with van der Waals surface area (Å²) in [7, 11) is 0. The van der Waals surface area contributed by atoms with Crippen LogP contribution < -0.4 is 10.6 Å². The third-order valence-electron chi connectivity index (χ3n) is 2.77. The molecule has 0 bridgehead atoms. The van der Waals surface area contributed by atoms with Crippen LogP contribution in [0.25, 0.3) is 0 Å². The van der Waals surface area contributed by atoms with E-state index in [-0.39, 0.29) is 11.5 Å². The van der Waals surface area contributed by atoms with Gasteiger partial charge in [-0.1, -0.05) is 12.1 Å². The third-order valence-corrected chi connectivity index (χ3v) is 2.77. The first-order valence-corrected chi connectivity index (χ1v) is 6.02. The summed E-state index contributed by atoms with van der Waals surface area (Å²) in [5, 5.41) is 14.8. The maximum absolute atomic E-state index is 11.4. The molecule has 1 aliphatic rings. The Morgan fingerprint density at radius 3 is 2.67 bits per heavy atom. The maximum Gasteiger partial charge on any atom is 0.337 e. The van der Waals surface area contributed by atoms with E-state index >= 15 is 0 Å². The van der Waals surface area contributed by atoms with Crippen LogP contribution in [0.4, 0.5) is 5.69 Å². The SMILES string of the molecule is O=C(CCNc1ccccc1C(=O)O)NC1CC1. The smallest absolute Gasteiger partial charge is 0.337 e. The van der Waals surface area contributed by atoms with E-state index < -0.39 is 5.97 Å². The number of aromatic carboxylic acids is 1. The lowest BCUT2D eigenvalue weighted by atomic mass is 10.2. The van der Waals surface area contributed by atoms with Gasteiger partial charge in [-0.3, -0.25) is 4.79 Å². The molecule has 1 aromatic rings. The monoisotopic (exact) mass is 248 g/mol. The van der Waals surface area contributed by atoms with E-state index in [0.717, 1.165) is 12.8 Å². The molecule has 1 saturated carbocycles. The van der Waals surface area contributed by atoms with Gasteiger partial charge in [0.2, 0.25) is 5.91 Å². The topological polar surface area (TPSA) is 78.4 Å². The van der Waals surface area contributed by atoms with Crippen molar-refractivity contribution in [1.29, 1.82) is 0 Å². The standard InChI is InChI=1S/C13H16N2O3/c16-12(15-9-5-6-9)7-8-14-11-4-2-1-3-10(11)13(17)18/h1-4,9,14H,5-8H2,(H,15,16)(H,17,18). The van der Waals surface area contributed by atoms with Gasteiger partial charge < -0.3 is 15.7 Å². The highest BCUT2D eigenvalue weighted by Crippen LogP contribution is 2.18. The number of carboxylic acids is 1. The van der Waals surface area contributed by atoms with Crippen molar-refractivity contribution in [3.8, 4) is 0 Å². The molecule has 0 unspecified atom stereocenters. The van der Waals surface area contributed by atoms with Crippen LogP contribution >= 0.6 is 0 Å². The molecule has 0 aromatic heterocycles. The summed E-state index contributed by atoms with van der Waals surface area (Å²) in [6, 6.07) is 7.04. The van der Waals surface area contributed by atoms with Crippen LogP contribution in [0.5, 0.6) is 0 Å². The summed E-state index contributed by atoms with van der Waals surface area (Å²) in [6.45, 7) is 0.433. The number of benzene rings is 1. The van der Waals surface area contributed by atoms with Gasteiger partial charge in [-0.15, -0.1) is 0 Å². The number of hydrogen-bond acceptors (Lipinski definition) is 3. The molecule has 0 saturated heterocycles. The molecular weight excluding hydrogens is 232 g/mol. The van der Waals surface area contributed by atoms with E-state index in [2.05, 4.69) is 10.6 Å². The zero-order valence-corrected chi connectivity index (χ0v) is 9.98. The number of rotatable bonds is 6. The number of anilines is 1. The second-order valence-electron chi connectivity index (χ2n) is 4.37. The minimum atomic E-state index is -0.972. The molecule has 0 atom stereocenters. The molecule has 1 aromatic carbocycles. The highest BCUT2D eigenvalue weighted by Gasteiger charge is 2.22. The van der Waals surface area contributed by atoms with Crippen LogP contribution in [0, 0.1) is 0 Å². The van der Waals surface area contributed by atoms with Crippen LogP contribution in [0.15, 0.2) is 24.3 Å². The quantitative estimate of drug-likeness (QED) is 0.712. The Morgan fingerprint density at radius 2 is 2.00 bits per heavy atom. The first-order valence-electron chi connectivity index (χ1n) is 6.02. The van der Waals surface area contributed by atoms with Gasteiger partial charge >= 0.3 is 5.97 Å². The van der Waals surface area contributed by atoms with Gasteiger partial charge in [0.15, 0.2) is 0 Å².